The second-order valence-corrected chi connectivity index (χ2v) is 6.20. The number of nitrogens with one attached hydrogen (secondary N) is 1. The molecule has 0 unspecified atom stereocenters. The van der Waals surface area contributed by atoms with Crippen LogP contribution in [-0.4, -0.2) is 23.9 Å². The highest BCUT2D eigenvalue weighted by Gasteiger charge is 2.16. The predicted octanol–water partition coefficient (Wildman–Crippen LogP) is 2.24. The van der Waals surface area contributed by atoms with Crippen molar-refractivity contribution in [1.82, 2.24) is 10.2 Å². The van der Waals surface area contributed by atoms with Gasteiger partial charge in [-0.3, -0.25) is 9.69 Å². The number of hydrogen-bond acceptors (Lipinski definition) is 3. The SMILES string of the molecule is O=C(NCc1ccccc1CN1CCCCC1)c1cccc[n+]1[O-]. The molecule has 0 radical (unpaired) electrons. The van der Waals surface area contributed by atoms with Crippen LogP contribution in [0.15, 0.2) is 48.7 Å². The number of benzene rings is 1. The molecule has 0 spiro atoms. The first-order chi connectivity index (χ1) is 11.7. The third kappa shape index (κ3) is 4.11. The molecule has 5 heteroatoms. The van der Waals surface area contributed by atoms with E-state index in [4.69, 9.17) is 0 Å². The Hall–Kier alpha value is -2.40. The fourth-order valence-corrected chi connectivity index (χ4v) is 3.11. The molecule has 2 aromatic rings. The Morgan fingerprint density at radius 3 is 2.50 bits per heavy atom. The molecule has 1 amide bonds. The minimum Gasteiger partial charge on any atom is -0.618 e. The number of hydrogen-bond donors (Lipinski definition) is 1. The van der Waals surface area contributed by atoms with Gasteiger partial charge in [-0.15, -0.1) is 0 Å². The summed E-state index contributed by atoms with van der Waals surface area (Å²) in [6.45, 7) is 3.62. The lowest BCUT2D eigenvalue weighted by Crippen LogP contribution is -2.39. The van der Waals surface area contributed by atoms with Crippen LogP contribution in [0.1, 0.15) is 40.9 Å². The lowest BCUT2D eigenvalue weighted by Gasteiger charge is -2.27. The Morgan fingerprint density at radius 1 is 1.04 bits per heavy atom. The summed E-state index contributed by atoms with van der Waals surface area (Å²) in [7, 11) is 0. The van der Waals surface area contributed by atoms with Gasteiger partial charge >= 0.3 is 5.91 Å². The highest BCUT2D eigenvalue weighted by molar-refractivity contribution is 5.90. The fraction of sp³-hybridized carbons (Fsp3) is 0.368. The summed E-state index contributed by atoms with van der Waals surface area (Å²) in [5.41, 5.74) is 2.46. The Morgan fingerprint density at radius 2 is 1.75 bits per heavy atom. The summed E-state index contributed by atoms with van der Waals surface area (Å²) < 4.78 is 0.592. The van der Waals surface area contributed by atoms with Crippen molar-refractivity contribution in [2.24, 2.45) is 0 Å². The second kappa shape index (κ2) is 7.93. The molecular formula is C19H23N3O2. The quantitative estimate of drug-likeness (QED) is 0.677. The van der Waals surface area contributed by atoms with Crippen molar-refractivity contribution in [1.29, 1.82) is 0 Å². The monoisotopic (exact) mass is 325 g/mol. The summed E-state index contributed by atoms with van der Waals surface area (Å²) in [4.78, 5) is 14.7. The Labute approximate surface area is 142 Å². The van der Waals surface area contributed by atoms with Crippen molar-refractivity contribution in [2.75, 3.05) is 13.1 Å². The number of piperidine rings is 1. The van der Waals surface area contributed by atoms with E-state index in [0.717, 1.165) is 25.2 Å². The van der Waals surface area contributed by atoms with Crippen LogP contribution in [0.2, 0.25) is 0 Å². The zero-order chi connectivity index (χ0) is 16.8. The number of carbonyl (C=O) groups is 1. The highest BCUT2D eigenvalue weighted by atomic mass is 16.5. The van der Waals surface area contributed by atoms with Crippen LogP contribution in [-0.2, 0) is 13.1 Å². The molecule has 1 aliphatic rings. The van der Waals surface area contributed by atoms with Gasteiger partial charge in [-0.05, 0) is 43.1 Å². The van der Waals surface area contributed by atoms with E-state index in [1.54, 1.807) is 12.1 Å². The van der Waals surface area contributed by atoms with Gasteiger partial charge in [0.15, 0.2) is 6.20 Å². The summed E-state index contributed by atoms with van der Waals surface area (Å²) in [6, 6.07) is 13.0. The molecule has 2 heterocycles. The third-order valence-electron chi connectivity index (χ3n) is 4.46. The zero-order valence-corrected chi connectivity index (χ0v) is 13.8. The number of pyridine rings is 1. The average molecular weight is 325 g/mol. The van der Waals surface area contributed by atoms with Crippen molar-refractivity contribution in [3.63, 3.8) is 0 Å². The first-order valence-corrected chi connectivity index (χ1v) is 8.49. The lowest BCUT2D eigenvalue weighted by atomic mass is 10.0. The van der Waals surface area contributed by atoms with E-state index in [2.05, 4.69) is 16.3 Å². The van der Waals surface area contributed by atoms with Crippen molar-refractivity contribution in [3.05, 3.63) is 70.7 Å². The molecule has 3 rings (SSSR count). The van der Waals surface area contributed by atoms with Crippen LogP contribution in [0.5, 0.6) is 0 Å². The van der Waals surface area contributed by atoms with Crippen LogP contribution in [0.25, 0.3) is 0 Å². The minimum absolute atomic E-state index is 0.117. The van der Waals surface area contributed by atoms with Gasteiger partial charge in [0.1, 0.15) is 0 Å². The number of nitrogens with zero attached hydrogens (tertiary/aromatic N) is 2. The van der Waals surface area contributed by atoms with Crippen LogP contribution in [0.4, 0.5) is 0 Å². The van der Waals surface area contributed by atoms with E-state index < -0.39 is 0 Å². The van der Waals surface area contributed by atoms with Crippen molar-refractivity contribution in [3.8, 4) is 0 Å². The summed E-state index contributed by atoms with van der Waals surface area (Å²) in [5.74, 6) is -0.349. The van der Waals surface area contributed by atoms with E-state index in [0.29, 0.717) is 11.3 Å². The van der Waals surface area contributed by atoms with Crippen LogP contribution in [0.3, 0.4) is 0 Å². The lowest BCUT2D eigenvalue weighted by molar-refractivity contribution is -0.607. The van der Waals surface area contributed by atoms with Crippen molar-refractivity contribution >= 4 is 5.91 Å². The number of carbonyl (C=O) groups excluding carboxylic acids is 1. The van der Waals surface area contributed by atoms with Gasteiger partial charge in [0.05, 0.1) is 0 Å². The zero-order valence-electron chi connectivity index (χ0n) is 13.8. The van der Waals surface area contributed by atoms with E-state index in [9.17, 15) is 10.0 Å². The van der Waals surface area contributed by atoms with Crippen LogP contribution in [0, 0.1) is 5.21 Å². The molecule has 0 aliphatic carbocycles. The highest BCUT2D eigenvalue weighted by Crippen LogP contribution is 2.16. The van der Waals surface area contributed by atoms with E-state index in [1.807, 2.05) is 18.2 Å². The maximum absolute atomic E-state index is 12.2. The van der Waals surface area contributed by atoms with E-state index in [-0.39, 0.29) is 11.6 Å². The standard InChI is InChI=1S/C19H23N3O2/c23-19(18-10-4-7-13-22(18)24)20-14-16-8-2-3-9-17(16)15-21-11-5-1-6-12-21/h2-4,7-10,13H,1,5-6,11-12,14-15H2,(H,20,23). The second-order valence-electron chi connectivity index (χ2n) is 6.20. The summed E-state index contributed by atoms with van der Waals surface area (Å²) in [5, 5.41) is 14.5. The van der Waals surface area contributed by atoms with Gasteiger partial charge in [-0.2, -0.15) is 4.73 Å². The topological polar surface area (TPSA) is 59.3 Å². The number of rotatable bonds is 5. The van der Waals surface area contributed by atoms with Gasteiger partial charge < -0.3 is 10.5 Å². The maximum atomic E-state index is 12.2. The average Bonchev–Trinajstić information content (AvgIpc) is 2.62. The van der Waals surface area contributed by atoms with Crippen molar-refractivity contribution < 1.29 is 9.52 Å². The van der Waals surface area contributed by atoms with Gasteiger partial charge in [-0.1, -0.05) is 30.7 Å². The molecule has 1 saturated heterocycles. The molecule has 0 saturated carbocycles. The molecule has 0 atom stereocenters. The van der Waals surface area contributed by atoms with Crippen LogP contribution < -0.4 is 10.0 Å². The smallest absolute Gasteiger partial charge is 0.317 e. The van der Waals surface area contributed by atoms with Gasteiger partial charge in [0, 0.05) is 25.2 Å². The molecule has 1 fully saturated rings. The third-order valence-corrected chi connectivity index (χ3v) is 4.46. The molecule has 126 valence electrons. The first kappa shape index (κ1) is 16.5. The number of amides is 1. The molecule has 1 aromatic heterocycles. The van der Waals surface area contributed by atoms with Gasteiger partial charge in [0.2, 0.25) is 0 Å². The summed E-state index contributed by atoms with van der Waals surface area (Å²) >= 11 is 0. The Kier molecular flexibility index (Phi) is 5.43. The molecule has 1 aliphatic heterocycles. The fourth-order valence-electron chi connectivity index (χ4n) is 3.11. The summed E-state index contributed by atoms with van der Waals surface area (Å²) in [6.07, 6.45) is 5.17. The van der Waals surface area contributed by atoms with Crippen LogP contribution >= 0.6 is 0 Å². The first-order valence-electron chi connectivity index (χ1n) is 8.49. The normalized spacial score (nSPS) is 15.2. The predicted molar refractivity (Wildman–Crippen MR) is 92.1 cm³/mol. The maximum Gasteiger partial charge on any atom is 0.317 e. The van der Waals surface area contributed by atoms with Gasteiger partial charge in [0.25, 0.3) is 5.69 Å². The van der Waals surface area contributed by atoms with Crippen molar-refractivity contribution in [2.45, 2.75) is 32.4 Å². The molecule has 24 heavy (non-hydrogen) atoms. The molecular weight excluding hydrogens is 302 g/mol. The van der Waals surface area contributed by atoms with E-state index in [1.165, 1.54) is 37.1 Å². The molecule has 5 nitrogen and oxygen atoms in total. The number of aromatic nitrogens is 1. The Bertz CT molecular complexity index is 697. The minimum atomic E-state index is -0.349. The molecule has 1 aromatic carbocycles. The molecule has 0 bridgehead atoms. The van der Waals surface area contributed by atoms with E-state index >= 15 is 0 Å². The van der Waals surface area contributed by atoms with Gasteiger partial charge in [-0.25, -0.2) is 0 Å². The largest absolute Gasteiger partial charge is 0.618 e. The Balaban J connectivity index is 1.64. The number of likely N-dealkylation sites (tertiary alicyclic amines) is 1. The molecule has 1 N–H and O–H groups in total.